The van der Waals surface area contributed by atoms with E-state index in [1.807, 2.05) is 0 Å². The Hall–Kier alpha value is -2.29. The minimum Gasteiger partial charge on any atom is -0.389 e. The van der Waals surface area contributed by atoms with E-state index < -0.39 is 0 Å². The fraction of sp³-hybridized carbons (Fsp3) is 0.629. The second kappa shape index (κ2) is 17.3. The van der Waals surface area contributed by atoms with Crippen molar-refractivity contribution in [1.29, 1.82) is 0 Å². The number of allylic oxidation sites excluding steroid dienone is 8. The minimum atomic E-state index is 0.225. The maximum absolute atomic E-state index is 5.00. The van der Waals surface area contributed by atoms with Crippen LogP contribution in [0.1, 0.15) is 120 Å². The second-order valence-electron chi connectivity index (χ2n) is 12.3. The van der Waals surface area contributed by atoms with E-state index in [9.17, 15) is 0 Å². The SMILES string of the molecule is C=C(CCC(C)(C)CCC(C)(C)C(=C)C)NCCCCCCNC(=C/C)/C(=C\C)/N=C1\CC=CC=C1CC. The molecule has 1 rings (SSSR count). The molecule has 0 amide bonds. The zero-order chi connectivity index (χ0) is 28.6. The fourth-order valence-corrected chi connectivity index (χ4v) is 4.46. The zero-order valence-corrected chi connectivity index (χ0v) is 26.2. The van der Waals surface area contributed by atoms with Gasteiger partial charge in [-0.15, -0.1) is 0 Å². The Morgan fingerprint density at radius 3 is 2.18 bits per heavy atom. The number of nitrogens with one attached hydrogen (secondary N) is 2. The molecule has 0 spiro atoms. The molecule has 0 aromatic rings. The van der Waals surface area contributed by atoms with Crippen molar-refractivity contribution in [2.24, 2.45) is 15.8 Å². The lowest BCUT2D eigenvalue weighted by Gasteiger charge is -2.32. The lowest BCUT2D eigenvalue weighted by molar-refractivity contribution is 0.249. The summed E-state index contributed by atoms with van der Waals surface area (Å²) in [6, 6.07) is 0. The lowest BCUT2D eigenvalue weighted by Crippen LogP contribution is -2.21. The summed E-state index contributed by atoms with van der Waals surface area (Å²) in [5, 5.41) is 7.19. The van der Waals surface area contributed by atoms with Gasteiger partial charge in [0.05, 0.1) is 11.4 Å². The van der Waals surface area contributed by atoms with Gasteiger partial charge in [0.15, 0.2) is 0 Å². The Labute approximate surface area is 236 Å². The Kier molecular flexibility index (Phi) is 15.4. The zero-order valence-electron chi connectivity index (χ0n) is 26.2. The van der Waals surface area contributed by atoms with Crippen LogP contribution in [0, 0.1) is 10.8 Å². The molecule has 214 valence electrons. The molecule has 0 aliphatic heterocycles. The number of aliphatic imine (C=N–C) groups is 1. The first-order chi connectivity index (χ1) is 18.0. The molecular weight excluding hydrogens is 462 g/mol. The third kappa shape index (κ3) is 13.0. The standard InChI is InChI=1S/C35H59N3/c1-11-30-20-16-17-21-33(30)38-32(13-3)31(12-2)37-27-19-15-14-18-26-36-29(6)22-23-34(7,8)24-25-35(9,10)28(4)5/h12-13,16-17,20,36-37H,4,6,11,14-15,18-19,21-27H2,1-3,5,7-10H3/b31-12+,32-13+,38-33+. The molecule has 1 aliphatic rings. The van der Waals surface area contributed by atoms with Gasteiger partial charge in [-0.2, -0.15) is 0 Å². The van der Waals surface area contributed by atoms with Crippen LogP contribution in [-0.2, 0) is 0 Å². The highest BCUT2D eigenvalue weighted by Crippen LogP contribution is 2.37. The second-order valence-corrected chi connectivity index (χ2v) is 12.3. The van der Waals surface area contributed by atoms with Crippen molar-refractivity contribution >= 4 is 5.71 Å². The highest BCUT2D eigenvalue weighted by Gasteiger charge is 2.25. The Bertz CT molecular complexity index is 905. The third-order valence-electron chi connectivity index (χ3n) is 8.07. The van der Waals surface area contributed by atoms with Crippen molar-refractivity contribution in [2.45, 2.75) is 120 Å². The Balaban J connectivity index is 2.25. The molecule has 3 nitrogen and oxygen atoms in total. The summed E-state index contributed by atoms with van der Waals surface area (Å²) in [6.07, 6.45) is 22.2. The molecule has 0 radical (unpaired) electrons. The molecule has 1 aliphatic carbocycles. The first-order valence-electron chi connectivity index (χ1n) is 15.0. The molecular formula is C35H59N3. The monoisotopic (exact) mass is 521 g/mol. The van der Waals surface area contributed by atoms with Gasteiger partial charge in [0.2, 0.25) is 0 Å². The Morgan fingerprint density at radius 1 is 0.947 bits per heavy atom. The van der Waals surface area contributed by atoms with E-state index >= 15 is 0 Å². The molecule has 0 atom stereocenters. The van der Waals surface area contributed by atoms with Crippen LogP contribution in [0.15, 0.2) is 76.8 Å². The minimum absolute atomic E-state index is 0.225. The highest BCUT2D eigenvalue weighted by molar-refractivity contribution is 6.02. The maximum atomic E-state index is 5.00. The average Bonchev–Trinajstić information content (AvgIpc) is 2.89. The van der Waals surface area contributed by atoms with Gasteiger partial charge in [-0.3, -0.25) is 4.99 Å². The van der Waals surface area contributed by atoms with E-state index in [0.717, 1.165) is 43.7 Å². The number of rotatable bonds is 19. The molecule has 0 saturated carbocycles. The fourth-order valence-electron chi connectivity index (χ4n) is 4.46. The summed E-state index contributed by atoms with van der Waals surface area (Å²) in [4.78, 5) is 5.00. The normalized spacial score (nSPS) is 16.0. The van der Waals surface area contributed by atoms with Crippen LogP contribution >= 0.6 is 0 Å². The van der Waals surface area contributed by atoms with Crippen LogP contribution < -0.4 is 10.6 Å². The van der Waals surface area contributed by atoms with E-state index in [1.54, 1.807) is 0 Å². The summed E-state index contributed by atoms with van der Waals surface area (Å²) in [5.74, 6) is 0. The first kappa shape index (κ1) is 33.7. The van der Waals surface area contributed by atoms with Crippen molar-refractivity contribution in [3.63, 3.8) is 0 Å². The van der Waals surface area contributed by atoms with Crippen molar-refractivity contribution < 1.29 is 0 Å². The molecule has 38 heavy (non-hydrogen) atoms. The van der Waals surface area contributed by atoms with Crippen LogP contribution in [0.2, 0.25) is 0 Å². The van der Waals surface area contributed by atoms with Crippen LogP contribution in [0.3, 0.4) is 0 Å². The average molecular weight is 522 g/mol. The van der Waals surface area contributed by atoms with E-state index in [4.69, 9.17) is 4.99 Å². The van der Waals surface area contributed by atoms with E-state index in [2.05, 4.69) is 110 Å². The molecule has 0 heterocycles. The summed E-state index contributed by atoms with van der Waals surface area (Å²) in [5.41, 5.74) is 7.73. The highest BCUT2D eigenvalue weighted by atomic mass is 14.9. The predicted octanol–water partition coefficient (Wildman–Crippen LogP) is 9.97. The molecule has 0 aromatic carbocycles. The van der Waals surface area contributed by atoms with Gasteiger partial charge < -0.3 is 10.6 Å². The van der Waals surface area contributed by atoms with Crippen molar-refractivity contribution in [2.75, 3.05) is 13.1 Å². The molecule has 0 saturated heterocycles. The Morgan fingerprint density at radius 2 is 1.61 bits per heavy atom. The van der Waals surface area contributed by atoms with Crippen LogP contribution in [0.4, 0.5) is 0 Å². The van der Waals surface area contributed by atoms with Gasteiger partial charge in [-0.25, -0.2) is 0 Å². The van der Waals surface area contributed by atoms with Gasteiger partial charge in [0.25, 0.3) is 0 Å². The van der Waals surface area contributed by atoms with Crippen LogP contribution in [-0.4, -0.2) is 18.8 Å². The summed E-state index contributed by atoms with van der Waals surface area (Å²) >= 11 is 0. The summed E-state index contributed by atoms with van der Waals surface area (Å²) in [7, 11) is 0. The number of unbranched alkanes of at least 4 members (excludes halogenated alkanes) is 3. The van der Waals surface area contributed by atoms with Crippen LogP contribution in [0.25, 0.3) is 0 Å². The molecule has 0 aromatic heterocycles. The van der Waals surface area contributed by atoms with Gasteiger partial charge in [-0.1, -0.05) is 96.6 Å². The molecule has 0 bridgehead atoms. The van der Waals surface area contributed by atoms with E-state index in [-0.39, 0.29) is 5.41 Å². The van der Waals surface area contributed by atoms with Gasteiger partial charge in [-0.05, 0) is 82.1 Å². The lowest BCUT2D eigenvalue weighted by atomic mass is 9.74. The number of hydrogen-bond acceptors (Lipinski definition) is 3. The molecule has 0 unspecified atom stereocenters. The van der Waals surface area contributed by atoms with Crippen molar-refractivity contribution in [1.82, 2.24) is 10.6 Å². The molecule has 2 N–H and O–H groups in total. The number of nitrogens with zero attached hydrogens (tertiary/aromatic N) is 1. The predicted molar refractivity (Wildman–Crippen MR) is 172 cm³/mol. The van der Waals surface area contributed by atoms with Gasteiger partial charge in [0.1, 0.15) is 0 Å². The quantitative estimate of drug-likeness (QED) is 0.101. The molecule has 3 heteroatoms. The number of hydrogen-bond donors (Lipinski definition) is 2. The third-order valence-corrected chi connectivity index (χ3v) is 8.07. The topological polar surface area (TPSA) is 36.4 Å². The smallest absolute Gasteiger partial charge is 0.0818 e. The van der Waals surface area contributed by atoms with E-state index in [0.29, 0.717) is 5.41 Å². The summed E-state index contributed by atoms with van der Waals surface area (Å²) in [6.45, 7) is 28.4. The van der Waals surface area contributed by atoms with Crippen molar-refractivity contribution in [3.8, 4) is 0 Å². The van der Waals surface area contributed by atoms with Gasteiger partial charge in [0, 0.05) is 30.9 Å². The van der Waals surface area contributed by atoms with E-state index in [1.165, 1.54) is 67.5 Å². The maximum Gasteiger partial charge on any atom is 0.0818 e. The van der Waals surface area contributed by atoms with Crippen LogP contribution in [0.5, 0.6) is 0 Å². The van der Waals surface area contributed by atoms with Crippen molar-refractivity contribution in [3.05, 3.63) is 71.8 Å². The first-order valence-corrected chi connectivity index (χ1v) is 15.0. The van der Waals surface area contributed by atoms with Gasteiger partial charge >= 0.3 is 0 Å². The molecule has 0 fully saturated rings. The largest absolute Gasteiger partial charge is 0.389 e. The summed E-state index contributed by atoms with van der Waals surface area (Å²) < 4.78 is 0.